The molecule has 2 aromatic heterocycles. The lowest BCUT2D eigenvalue weighted by Gasteiger charge is -2.36. The van der Waals surface area contributed by atoms with Gasteiger partial charge in [0.2, 0.25) is 5.89 Å². The van der Waals surface area contributed by atoms with Crippen molar-refractivity contribution in [3.8, 4) is 17.0 Å². The first-order valence-electron chi connectivity index (χ1n) is 8.88. The second kappa shape index (κ2) is 6.86. The molecule has 8 nitrogen and oxygen atoms in total. The molecule has 4 rings (SSSR count). The molecule has 140 valence electrons. The Labute approximate surface area is 156 Å². The number of nitrogens with zero attached hydrogens (tertiary/aromatic N) is 4. The normalized spacial score (nSPS) is 14.4. The monoisotopic (exact) mass is 367 g/mol. The SMILES string of the molecule is COc1ccccc1-c1cc(C(=O)N2CC(c3nc(C(C)C)no3)C2)[nH]n1. The van der Waals surface area contributed by atoms with Crippen molar-refractivity contribution in [2.75, 3.05) is 20.2 Å². The molecule has 1 amide bonds. The van der Waals surface area contributed by atoms with Crippen molar-refractivity contribution in [3.05, 3.63) is 47.7 Å². The molecule has 27 heavy (non-hydrogen) atoms. The molecule has 0 aliphatic carbocycles. The second-order valence-electron chi connectivity index (χ2n) is 6.92. The lowest BCUT2D eigenvalue weighted by molar-refractivity contribution is 0.0563. The maximum Gasteiger partial charge on any atom is 0.271 e. The van der Waals surface area contributed by atoms with Gasteiger partial charge in [0.1, 0.15) is 11.4 Å². The van der Waals surface area contributed by atoms with E-state index in [1.165, 1.54) is 0 Å². The summed E-state index contributed by atoms with van der Waals surface area (Å²) < 4.78 is 10.7. The van der Waals surface area contributed by atoms with E-state index in [9.17, 15) is 4.79 Å². The molecule has 0 saturated carbocycles. The van der Waals surface area contributed by atoms with Crippen LogP contribution in [0.4, 0.5) is 0 Å². The van der Waals surface area contributed by atoms with Crippen LogP contribution in [0.15, 0.2) is 34.9 Å². The van der Waals surface area contributed by atoms with E-state index in [1.807, 2.05) is 38.1 Å². The quantitative estimate of drug-likeness (QED) is 0.745. The minimum absolute atomic E-state index is 0.0885. The maximum absolute atomic E-state index is 12.7. The molecule has 0 atom stereocenters. The third kappa shape index (κ3) is 3.18. The van der Waals surface area contributed by atoms with Gasteiger partial charge in [-0.15, -0.1) is 0 Å². The molecule has 3 aromatic rings. The molecule has 1 aromatic carbocycles. The number of nitrogens with one attached hydrogen (secondary N) is 1. The van der Waals surface area contributed by atoms with Crippen LogP contribution < -0.4 is 4.74 Å². The summed E-state index contributed by atoms with van der Waals surface area (Å²) in [5.74, 6) is 2.23. The molecule has 3 heterocycles. The number of H-pyrrole nitrogens is 1. The standard InChI is InChI=1S/C19H21N5O3/c1-11(2)17-20-18(27-23-17)12-9-24(10-12)19(25)15-8-14(21-22-15)13-6-4-5-7-16(13)26-3/h4-8,11-12H,9-10H2,1-3H3,(H,21,22). The Kier molecular flexibility index (Phi) is 4.39. The van der Waals surface area contributed by atoms with Crippen LogP contribution >= 0.6 is 0 Å². The Morgan fingerprint density at radius 1 is 1.33 bits per heavy atom. The predicted octanol–water partition coefficient (Wildman–Crippen LogP) is 2.83. The number of aromatic nitrogens is 4. The molecule has 0 spiro atoms. The van der Waals surface area contributed by atoms with Gasteiger partial charge in [-0.3, -0.25) is 9.89 Å². The summed E-state index contributed by atoms with van der Waals surface area (Å²) in [5, 5.41) is 11.1. The highest BCUT2D eigenvalue weighted by molar-refractivity contribution is 5.94. The first-order valence-corrected chi connectivity index (χ1v) is 8.88. The number of aromatic amines is 1. The maximum atomic E-state index is 12.7. The van der Waals surface area contributed by atoms with E-state index in [1.54, 1.807) is 18.1 Å². The highest BCUT2D eigenvalue weighted by atomic mass is 16.5. The van der Waals surface area contributed by atoms with Gasteiger partial charge < -0.3 is 14.2 Å². The van der Waals surface area contributed by atoms with Crippen molar-refractivity contribution in [3.63, 3.8) is 0 Å². The zero-order chi connectivity index (χ0) is 19.0. The van der Waals surface area contributed by atoms with Gasteiger partial charge >= 0.3 is 0 Å². The molecule has 1 N–H and O–H groups in total. The van der Waals surface area contributed by atoms with Gasteiger partial charge in [0.15, 0.2) is 5.82 Å². The zero-order valence-corrected chi connectivity index (χ0v) is 15.5. The smallest absolute Gasteiger partial charge is 0.271 e. The number of methoxy groups -OCH3 is 1. The molecule has 0 bridgehead atoms. The van der Waals surface area contributed by atoms with Crippen molar-refractivity contribution in [1.29, 1.82) is 0 Å². The average Bonchev–Trinajstić information content (AvgIpc) is 3.30. The highest BCUT2D eigenvalue weighted by Crippen LogP contribution is 2.30. The summed E-state index contributed by atoms with van der Waals surface area (Å²) in [6.07, 6.45) is 0. The number of ether oxygens (including phenoxy) is 1. The van der Waals surface area contributed by atoms with Crippen molar-refractivity contribution < 1.29 is 14.1 Å². The molecule has 0 unspecified atom stereocenters. The number of benzene rings is 1. The number of para-hydroxylation sites is 1. The largest absolute Gasteiger partial charge is 0.496 e. The van der Waals surface area contributed by atoms with Gasteiger partial charge in [-0.25, -0.2) is 0 Å². The minimum atomic E-state index is -0.0940. The Balaban J connectivity index is 1.43. The van der Waals surface area contributed by atoms with Gasteiger partial charge in [-0.2, -0.15) is 10.1 Å². The molecule has 1 aliphatic heterocycles. The van der Waals surface area contributed by atoms with E-state index in [4.69, 9.17) is 9.26 Å². The van der Waals surface area contributed by atoms with Crippen molar-refractivity contribution in [2.45, 2.75) is 25.7 Å². The van der Waals surface area contributed by atoms with Crippen LogP contribution in [0.1, 0.15) is 47.9 Å². The van der Waals surface area contributed by atoms with Crippen molar-refractivity contribution in [2.24, 2.45) is 0 Å². The lowest BCUT2D eigenvalue weighted by Crippen LogP contribution is -2.48. The zero-order valence-electron chi connectivity index (χ0n) is 15.5. The number of amides is 1. The molecular weight excluding hydrogens is 346 g/mol. The lowest BCUT2D eigenvalue weighted by atomic mass is 9.99. The van der Waals surface area contributed by atoms with E-state index < -0.39 is 0 Å². The summed E-state index contributed by atoms with van der Waals surface area (Å²) in [6.45, 7) is 5.15. The van der Waals surface area contributed by atoms with Gasteiger partial charge in [0, 0.05) is 24.6 Å². The van der Waals surface area contributed by atoms with Gasteiger partial charge in [-0.1, -0.05) is 31.1 Å². The van der Waals surface area contributed by atoms with Crippen molar-refractivity contribution in [1.82, 2.24) is 25.2 Å². The fourth-order valence-electron chi connectivity index (χ4n) is 3.04. The van der Waals surface area contributed by atoms with E-state index in [0.717, 1.165) is 5.56 Å². The summed E-state index contributed by atoms with van der Waals surface area (Å²) in [7, 11) is 1.61. The van der Waals surface area contributed by atoms with Crippen molar-refractivity contribution >= 4 is 5.91 Å². The molecule has 0 radical (unpaired) electrons. The minimum Gasteiger partial charge on any atom is -0.496 e. The van der Waals surface area contributed by atoms with Crippen LogP contribution in [0.5, 0.6) is 5.75 Å². The van der Waals surface area contributed by atoms with Crippen LogP contribution in [0.3, 0.4) is 0 Å². The van der Waals surface area contributed by atoms with Gasteiger partial charge in [0.25, 0.3) is 5.91 Å². The van der Waals surface area contributed by atoms with Crippen LogP contribution in [-0.4, -0.2) is 51.3 Å². The highest BCUT2D eigenvalue weighted by Gasteiger charge is 2.36. The number of carbonyl (C=O) groups excluding carboxylic acids is 1. The third-order valence-electron chi connectivity index (χ3n) is 4.68. The Morgan fingerprint density at radius 3 is 2.81 bits per heavy atom. The third-order valence-corrected chi connectivity index (χ3v) is 4.68. The Bertz CT molecular complexity index is 956. The number of hydrogen-bond acceptors (Lipinski definition) is 6. The topological polar surface area (TPSA) is 97.1 Å². The Hall–Kier alpha value is -3.16. The molecular formula is C19H21N5O3. The van der Waals surface area contributed by atoms with E-state index in [2.05, 4.69) is 20.3 Å². The van der Waals surface area contributed by atoms with Crippen LogP contribution in [0.25, 0.3) is 11.3 Å². The molecule has 1 saturated heterocycles. The molecule has 8 heteroatoms. The number of carbonyl (C=O) groups is 1. The summed E-state index contributed by atoms with van der Waals surface area (Å²) in [5.41, 5.74) is 1.96. The van der Waals surface area contributed by atoms with Crippen LogP contribution in [-0.2, 0) is 0 Å². The van der Waals surface area contributed by atoms with E-state index in [-0.39, 0.29) is 17.7 Å². The summed E-state index contributed by atoms with van der Waals surface area (Å²) >= 11 is 0. The van der Waals surface area contributed by atoms with E-state index >= 15 is 0 Å². The average molecular weight is 367 g/mol. The molecule has 1 aliphatic rings. The number of hydrogen-bond donors (Lipinski definition) is 1. The fourth-order valence-corrected chi connectivity index (χ4v) is 3.04. The van der Waals surface area contributed by atoms with Gasteiger partial charge in [0.05, 0.1) is 18.7 Å². The van der Waals surface area contributed by atoms with E-state index in [0.29, 0.717) is 41.9 Å². The summed E-state index contributed by atoms with van der Waals surface area (Å²) in [6, 6.07) is 9.32. The Morgan fingerprint density at radius 2 is 2.11 bits per heavy atom. The summed E-state index contributed by atoms with van der Waals surface area (Å²) in [4.78, 5) is 18.8. The van der Waals surface area contributed by atoms with Gasteiger partial charge in [-0.05, 0) is 18.2 Å². The second-order valence-corrected chi connectivity index (χ2v) is 6.92. The molecule has 1 fully saturated rings. The predicted molar refractivity (Wildman–Crippen MR) is 97.6 cm³/mol. The first-order chi connectivity index (χ1) is 13.1. The fraction of sp³-hybridized carbons (Fsp3) is 0.368. The first kappa shape index (κ1) is 17.3. The number of likely N-dealkylation sites (tertiary alicyclic amines) is 1. The van der Waals surface area contributed by atoms with Crippen LogP contribution in [0, 0.1) is 0 Å². The van der Waals surface area contributed by atoms with Crippen LogP contribution in [0.2, 0.25) is 0 Å². The number of rotatable bonds is 5.